The van der Waals surface area contributed by atoms with Gasteiger partial charge >= 0.3 is 12.1 Å². The minimum Gasteiger partial charge on any atom is -0.461 e. The van der Waals surface area contributed by atoms with E-state index in [4.69, 9.17) is 9.47 Å². The Bertz CT molecular complexity index is 700. The number of nitrogens with zero attached hydrogens (tertiary/aromatic N) is 1. The fourth-order valence-electron chi connectivity index (χ4n) is 1.81. The van der Waals surface area contributed by atoms with Crippen molar-refractivity contribution in [3.63, 3.8) is 0 Å². The van der Waals surface area contributed by atoms with E-state index in [1.807, 2.05) is 0 Å². The van der Waals surface area contributed by atoms with Gasteiger partial charge in [-0.3, -0.25) is 5.32 Å². The molecule has 0 saturated heterocycles. The van der Waals surface area contributed by atoms with Crippen molar-refractivity contribution >= 4 is 28.9 Å². The Labute approximate surface area is 128 Å². The van der Waals surface area contributed by atoms with E-state index in [0.717, 1.165) is 0 Å². The van der Waals surface area contributed by atoms with E-state index in [-0.39, 0.29) is 0 Å². The minimum absolute atomic E-state index is 0.299. The predicted molar refractivity (Wildman–Crippen MR) is 81.9 cm³/mol. The highest BCUT2D eigenvalue weighted by molar-refractivity contribution is 5.94. The molecule has 0 bridgehead atoms. The van der Waals surface area contributed by atoms with Gasteiger partial charge in [0.15, 0.2) is 0 Å². The molecule has 2 aromatic heterocycles. The summed E-state index contributed by atoms with van der Waals surface area (Å²) in [5.41, 5.74) is 0.965. The van der Waals surface area contributed by atoms with Crippen molar-refractivity contribution in [2.75, 3.05) is 11.9 Å². The van der Waals surface area contributed by atoms with Gasteiger partial charge < -0.3 is 14.5 Å². The second-order valence-corrected chi connectivity index (χ2v) is 5.66. The molecule has 0 fully saturated rings. The molecular formula is C15H19N3O4. The second kappa shape index (κ2) is 6.05. The van der Waals surface area contributed by atoms with Gasteiger partial charge in [0, 0.05) is 0 Å². The molecule has 0 aromatic carbocycles. The van der Waals surface area contributed by atoms with Gasteiger partial charge in [-0.05, 0) is 45.9 Å². The average molecular weight is 305 g/mol. The maximum Gasteiger partial charge on any atom is 0.413 e. The Balaban J connectivity index is 2.16. The summed E-state index contributed by atoms with van der Waals surface area (Å²) in [5.74, 6) is -0.0988. The van der Waals surface area contributed by atoms with Crippen molar-refractivity contribution in [2.45, 2.75) is 33.3 Å². The molecule has 2 aromatic rings. The molecule has 7 nitrogen and oxygen atoms in total. The molecule has 118 valence electrons. The number of aromatic nitrogens is 2. The molecule has 2 rings (SSSR count). The van der Waals surface area contributed by atoms with E-state index < -0.39 is 17.7 Å². The van der Waals surface area contributed by atoms with Gasteiger partial charge in [-0.1, -0.05) is 0 Å². The highest BCUT2D eigenvalue weighted by Gasteiger charge is 2.17. The number of ether oxygens (including phenoxy) is 2. The normalized spacial score (nSPS) is 11.3. The van der Waals surface area contributed by atoms with Crippen LogP contribution < -0.4 is 5.32 Å². The zero-order chi connectivity index (χ0) is 16.3. The molecule has 0 aliphatic heterocycles. The smallest absolute Gasteiger partial charge is 0.413 e. The lowest BCUT2D eigenvalue weighted by Gasteiger charge is -2.19. The Morgan fingerprint density at radius 1 is 1.32 bits per heavy atom. The third kappa shape index (κ3) is 3.97. The second-order valence-electron chi connectivity index (χ2n) is 5.66. The molecule has 2 N–H and O–H groups in total. The summed E-state index contributed by atoms with van der Waals surface area (Å²) < 4.78 is 10.1. The van der Waals surface area contributed by atoms with Crippen LogP contribution in [0.3, 0.4) is 0 Å². The molecular weight excluding hydrogens is 286 g/mol. The molecule has 7 heteroatoms. The number of rotatable bonds is 3. The van der Waals surface area contributed by atoms with E-state index in [0.29, 0.717) is 29.2 Å². The van der Waals surface area contributed by atoms with E-state index in [1.165, 1.54) is 0 Å². The number of fused-ring (bicyclic) bond motifs is 1. The number of carbonyl (C=O) groups is 2. The SMILES string of the molecule is CCOC(=O)c1cc2nc(NC(=O)OC(C)(C)C)ccc2[nH]1. The Kier molecular flexibility index (Phi) is 4.35. The number of carbonyl (C=O) groups excluding carboxylic acids is 2. The Hall–Kier alpha value is -2.57. The van der Waals surface area contributed by atoms with Crippen LogP contribution in [0.1, 0.15) is 38.2 Å². The van der Waals surface area contributed by atoms with Crippen LogP contribution in [0.2, 0.25) is 0 Å². The lowest BCUT2D eigenvalue weighted by atomic mass is 10.2. The fourth-order valence-corrected chi connectivity index (χ4v) is 1.81. The topological polar surface area (TPSA) is 93.3 Å². The van der Waals surface area contributed by atoms with E-state index in [1.54, 1.807) is 45.9 Å². The first-order valence-electron chi connectivity index (χ1n) is 6.95. The first kappa shape index (κ1) is 15.8. The van der Waals surface area contributed by atoms with Gasteiger partial charge in [-0.2, -0.15) is 0 Å². The standard InChI is InChI=1S/C15H19N3O4/c1-5-21-13(19)11-8-10-9(16-11)6-7-12(17-10)18-14(20)22-15(2,3)4/h6-8,16H,5H2,1-4H3,(H,17,18,20). The third-order valence-electron chi connectivity index (χ3n) is 2.60. The molecule has 0 aliphatic carbocycles. The monoisotopic (exact) mass is 305 g/mol. The number of H-pyrrole nitrogens is 1. The molecule has 0 aliphatic rings. The van der Waals surface area contributed by atoms with Gasteiger partial charge in [-0.15, -0.1) is 0 Å². The van der Waals surface area contributed by atoms with Gasteiger partial charge in [0.2, 0.25) is 0 Å². The van der Waals surface area contributed by atoms with E-state index >= 15 is 0 Å². The molecule has 0 unspecified atom stereocenters. The summed E-state index contributed by atoms with van der Waals surface area (Å²) >= 11 is 0. The number of aromatic amines is 1. The summed E-state index contributed by atoms with van der Waals surface area (Å²) in [7, 11) is 0. The molecule has 22 heavy (non-hydrogen) atoms. The van der Waals surface area contributed by atoms with Crippen LogP contribution in [-0.4, -0.2) is 34.2 Å². The van der Waals surface area contributed by atoms with E-state index in [9.17, 15) is 9.59 Å². The maximum atomic E-state index is 11.7. The Morgan fingerprint density at radius 2 is 2.05 bits per heavy atom. The van der Waals surface area contributed by atoms with E-state index in [2.05, 4.69) is 15.3 Å². The first-order valence-corrected chi connectivity index (χ1v) is 6.95. The molecule has 0 atom stereocenters. The molecule has 0 spiro atoms. The number of hydrogen-bond acceptors (Lipinski definition) is 5. The van der Waals surface area contributed by atoms with Crippen LogP contribution in [0.4, 0.5) is 10.6 Å². The number of nitrogens with one attached hydrogen (secondary N) is 2. The summed E-state index contributed by atoms with van der Waals surface area (Å²) in [4.78, 5) is 30.5. The predicted octanol–water partition coefficient (Wildman–Crippen LogP) is 3.09. The van der Waals surface area contributed by atoms with Gasteiger partial charge in [0.25, 0.3) is 0 Å². The number of hydrogen-bond donors (Lipinski definition) is 2. The average Bonchev–Trinajstić information content (AvgIpc) is 2.79. The van der Waals surface area contributed by atoms with Gasteiger partial charge in [0.05, 0.1) is 17.6 Å². The van der Waals surface area contributed by atoms with Crippen molar-refractivity contribution < 1.29 is 19.1 Å². The van der Waals surface area contributed by atoms with Crippen molar-refractivity contribution in [1.82, 2.24) is 9.97 Å². The van der Waals surface area contributed by atoms with Crippen LogP contribution in [0.15, 0.2) is 18.2 Å². The highest BCUT2D eigenvalue weighted by Crippen LogP contribution is 2.17. The highest BCUT2D eigenvalue weighted by atomic mass is 16.6. The maximum absolute atomic E-state index is 11.7. The van der Waals surface area contributed by atoms with Crippen LogP contribution in [0, 0.1) is 0 Å². The summed E-state index contributed by atoms with van der Waals surface area (Å²) in [6.07, 6.45) is -0.583. The van der Waals surface area contributed by atoms with Crippen molar-refractivity contribution in [3.8, 4) is 0 Å². The van der Waals surface area contributed by atoms with Gasteiger partial charge in [-0.25, -0.2) is 14.6 Å². The molecule has 1 amide bonds. The largest absolute Gasteiger partial charge is 0.461 e. The summed E-state index contributed by atoms with van der Waals surface area (Å²) in [5, 5.41) is 2.55. The lowest BCUT2D eigenvalue weighted by Crippen LogP contribution is -2.27. The third-order valence-corrected chi connectivity index (χ3v) is 2.60. The summed E-state index contributed by atoms with van der Waals surface area (Å²) in [6, 6.07) is 4.92. The number of amides is 1. The quantitative estimate of drug-likeness (QED) is 0.850. The number of esters is 1. The number of anilines is 1. The Morgan fingerprint density at radius 3 is 2.68 bits per heavy atom. The molecule has 0 saturated carbocycles. The minimum atomic E-state index is -0.584. The molecule has 0 radical (unpaired) electrons. The fraction of sp³-hybridized carbons (Fsp3) is 0.400. The zero-order valence-electron chi connectivity index (χ0n) is 13.0. The van der Waals surface area contributed by atoms with Crippen molar-refractivity contribution in [3.05, 3.63) is 23.9 Å². The van der Waals surface area contributed by atoms with Gasteiger partial charge in [0.1, 0.15) is 17.1 Å². The van der Waals surface area contributed by atoms with Crippen LogP contribution in [0.5, 0.6) is 0 Å². The summed E-state index contributed by atoms with van der Waals surface area (Å²) in [6.45, 7) is 7.37. The lowest BCUT2D eigenvalue weighted by molar-refractivity contribution is 0.0519. The number of pyridine rings is 1. The first-order chi connectivity index (χ1) is 10.3. The van der Waals surface area contributed by atoms with Crippen LogP contribution >= 0.6 is 0 Å². The van der Waals surface area contributed by atoms with Crippen LogP contribution in [-0.2, 0) is 9.47 Å². The van der Waals surface area contributed by atoms with Crippen LogP contribution in [0.25, 0.3) is 11.0 Å². The van der Waals surface area contributed by atoms with Crippen molar-refractivity contribution in [2.24, 2.45) is 0 Å². The molecule has 2 heterocycles. The van der Waals surface area contributed by atoms with Crippen molar-refractivity contribution in [1.29, 1.82) is 0 Å². The zero-order valence-corrected chi connectivity index (χ0v) is 13.0.